The number of hydrogen-bond acceptors (Lipinski definition) is 3. The summed E-state index contributed by atoms with van der Waals surface area (Å²) in [5, 5.41) is 5.14. The van der Waals surface area contributed by atoms with Crippen LogP contribution in [-0.2, 0) is 6.61 Å². The predicted octanol–water partition coefficient (Wildman–Crippen LogP) is 6.10. The fourth-order valence-corrected chi connectivity index (χ4v) is 3.25. The lowest BCUT2D eigenvalue weighted by Crippen LogP contribution is -2.18. The molecular formula is C21H15BrCl2N2O2. The lowest BCUT2D eigenvalue weighted by molar-refractivity contribution is 0.0954. The number of hydrogen-bond donors (Lipinski definition) is 1. The quantitative estimate of drug-likeness (QED) is 0.344. The van der Waals surface area contributed by atoms with E-state index in [1.807, 2.05) is 36.4 Å². The van der Waals surface area contributed by atoms with Gasteiger partial charge in [0.1, 0.15) is 12.4 Å². The van der Waals surface area contributed by atoms with Gasteiger partial charge in [0.15, 0.2) is 0 Å². The second-order valence-electron chi connectivity index (χ2n) is 5.77. The second-order valence-corrected chi connectivity index (χ2v) is 7.47. The van der Waals surface area contributed by atoms with Crippen molar-refractivity contribution >= 4 is 51.3 Å². The fraction of sp³-hybridized carbons (Fsp3) is 0.0476. The van der Waals surface area contributed by atoms with Gasteiger partial charge >= 0.3 is 0 Å². The zero-order valence-electron chi connectivity index (χ0n) is 14.5. The summed E-state index contributed by atoms with van der Waals surface area (Å²) in [6.45, 7) is 0.339. The average Bonchev–Trinajstić information content (AvgIpc) is 2.68. The van der Waals surface area contributed by atoms with E-state index >= 15 is 0 Å². The fourth-order valence-electron chi connectivity index (χ4n) is 2.32. The van der Waals surface area contributed by atoms with Gasteiger partial charge in [-0.05, 0) is 70.0 Å². The molecule has 0 saturated carbocycles. The molecule has 1 N–H and O–H groups in total. The first-order valence-corrected chi connectivity index (χ1v) is 9.82. The van der Waals surface area contributed by atoms with Crippen molar-refractivity contribution in [2.45, 2.75) is 6.61 Å². The van der Waals surface area contributed by atoms with Crippen LogP contribution in [0.15, 0.2) is 76.3 Å². The van der Waals surface area contributed by atoms with Gasteiger partial charge in [-0.3, -0.25) is 4.79 Å². The summed E-state index contributed by atoms with van der Waals surface area (Å²) < 4.78 is 6.45. The molecule has 7 heteroatoms. The summed E-state index contributed by atoms with van der Waals surface area (Å²) in [4.78, 5) is 12.1. The van der Waals surface area contributed by atoms with Crippen molar-refractivity contribution in [1.29, 1.82) is 0 Å². The van der Waals surface area contributed by atoms with E-state index in [-0.39, 0.29) is 5.91 Å². The number of carbonyl (C=O) groups is 1. The van der Waals surface area contributed by atoms with Crippen LogP contribution < -0.4 is 10.2 Å². The third kappa shape index (κ3) is 5.58. The number of ether oxygens (including phenoxy) is 1. The smallest absolute Gasteiger partial charge is 0.272 e. The Kier molecular flexibility index (Phi) is 7.09. The van der Waals surface area contributed by atoms with Crippen molar-refractivity contribution in [3.63, 3.8) is 0 Å². The molecule has 0 fully saturated rings. The summed E-state index contributed by atoms with van der Waals surface area (Å²) in [6, 6.07) is 19.8. The Labute approximate surface area is 181 Å². The van der Waals surface area contributed by atoms with Gasteiger partial charge in [-0.1, -0.05) is 41.4 Å². The Morgan fingerprint density at radius 2 is 1.82 bits per heavy atom. The van der Waals surface area contributed by atoms with Gasteiger partial charge < -0.3 is 4.74 Å². The first-order valence-electron chi connectivity index (χ1n) is 8.27. The lowest BCUT2D eigenvalue weighted by Gasteiger charge is -2.08. The van der Waals surface area contributed by atoms with Gasteiger partial charge in [-0.25, -0.2) is 5.43 Å². The topological polar surface area (TPSA) is 50.7 Å². The normalized spacial score (nSPS) is 10.8. The molecule has 0 spiro atoms. The third-order valence-corrected chi connectivity index (χ3v) is 5.07. The number of hydrazone groups is 1. The summed E-state index contributed by atoms with van der Waals surface area (Å²) in [5.41, 5.74) is 4.70. The van der Waals surface area contributed by atoms with E-state index in [1.54, 1.807) is 36.5 Å². The maximum atomic E-state index is 12.1. The molecule has 142 valence electrons. The van der Waals surface area contributed by atoms with Crippen molar-refractivity contribution < 1.29 is 9.53 Å². The van der Waals surface area contributed by atoms with E-state index < -0.39 is 0 Å². The van der Waals surface area contributed by atoms with Crippen molar-refractivity contribution in [2.75, 3.05) is 0 Å². The lowest BCUT2D eigenvalue weighted by atomic mass is 10.2. The molecule has 3 rings (SSSR count). The van der Waals surface area contributed by atoms with Crippen LogP contribution in [-0.4, -0.2) is 12.1 Å². The Hall–Kier alpha value is -2.34. The molecule has 0 aliphatic carbocycles. The minimum atomic E-state index is -0.288. The van der Waals surface area contributed by atoms with Gasteiger partial charge in [0, 0.05) is 20.1 Å². The molecule has 0 aromatic heterocycles. The standard InChI is InChI=1S/C21H15BrCl2N2O2/c22-19-4-2-1-3-18(19)21(27)26-25-12-14-5-9-17(10-6-14)28-13-15-7-8-16(23)11-20(15)24/h1-12H,13H2,(H,26,27)/b25-12+. The molecule has 3 aromatic rings. The van der Waals surface area contributed by atoms with E-state index in [4.69, 9.17) is 27.9 Å². The highest BCUT2D eigenvalue weighted by Gasteiger charge is 2.07. The van der Waals surface area contributed by atoms with Gasteiger partial charge in [0.25, 0.3) is 5.91 Å². The van der Waals surface area contributed by atoms with Gasteiger partial charge in [-0.2, -0.15) is 5.10 Å². The van der Waals surface area contributed by atoms with Gasteiger partial charge in [0.2, 0.25) is 0 Å². The number of benzene rings is 3. The molecule has 0 aliphatic rings. The molecule has 0 atom stereocenters. The minimum absolute atomic E-state index is 0.288. The molecule has 0 bridgehead atoms. The summed E-state index contributed by atoms with van der Waals surface area (Å²) in [7, 11) is 0. The van der Waals surface area contributed by atoms with Crippen LogP contribution in [0, 0.1) is 0 Å². The molecular weight excluding hydrogens is 463 g/mol. The van der Waals surface area contributed by atoms with Gasteiger partial charge in [0.05, 0.1) is 11.8 Å². The van der Waals surface area contributed by atoms with Crippen molar-refractivity contribution in [1.82, 2.24) is 5.43 Å². The van der Waals surface area contributed by atoms with E-state index in [9.17, 15) is 4.79 Å². The zero-order valence-corrected chi connectivity index (χ0v) is 17.6. The predicted molar refractivity (Wildman–Crippen MR) is 116 cm³/mol. The molecule has 28 heavy (non-hydrogen) atoms. The molecule has 0 radical (unpaired) electrons. The summed E-state index contributed by atoms with van der Waals surface area (Å²) in [5.74, 6) is 0.406. The van der Waals surface area contributed by atoms with Crippen molar-refractivity contribution in [3.8, 4) is 5.75 Å². The first-order chi connectivity index (χ1) is 13.5. The highest BCUT2D eigenvalue weighted by molar-refractivity contribution is 9.10. The SMILES string of the molecule is O=C(N/N=C/c1ccc(OCc2ccc(Cl)cc2Cl)cc1)c1ccccc1Br. The third-order valence-electron chi connectivity index (χ3n) is 3.79. The van der Waals surface area contributed by atoms with E-state index in [1.165, 1.54) is 0 Å². The number of halogens is 3. The number of nitrogens with one attached hydrogen (secondary N) is 1. The first kappa shape index (κ1) is 20.4. The summed E-state index contributed by atoms with van der Waals surface area (Å²) in [6.07, 6.45) is 1.56. The van der Waals surface area contributed by atoms with Crippen LogP contribution in [0.1, 0.15) is 21.5 Å². The number of carbonyl (C=O) groups excluding carboxylic acids is 1. The van der Waals surface area contributed by atoms with Crippen LogP contribution in [0.5, 0.6) is 5.75 Å². The van der Waals surface area contributed by atoms with E-state index in [2.05, 4.69) is 26.5 Å². The Morgan fingerprint density at radius 1 is 1.07 bits per heavy atom. The highest BCUT2D eigenvalue weighted by Crippen LogP contribution is 2.23. The number of amides is 1. The zero-order chi connectivity index (χ0) is 19.9. The molecule has 0 unspecified atom stereocenters. The van der Waals surface area contributed by atoms with Crippen LogP contribution in [0.25, 0.3) is 0 Å². The molecule has 0 aliphatic heterocycles. The molecule has 0 heterocycles. The molecule has 3 aromatic carbocycles. The van der Waals surface area contributed by atoms with Crippen LogP contribution in [0.4, 0.5) is 0 Å². The van der Waals surface area contributed by atoms with Crippen molar-refractivity contribution in [3.05, 3.63) is 97.9 Å². The van der Waals surface area contributed by atoms with Crippen LogP contribution >= 0.6 is 39.1 Å². The Balaban J connectivity index is 1.54. The maximum absolute atomic E-state index is 12.1. The van der Waals surface area contributed by atoms with Gasteiger partial charge in [-0.15, -0.1) is 0 Å². The average molecular weight is 478 g/mol. The highest BCUT2D eigenvalue weighted by atomic mass is 79.9. The van der Waals surface area contributed by atoms with E-state index in [0.29, 0.717) is 32.4 Å². The van der Waals surface area contributed by atoms with E-state index in [0.717, 1.165) is 11.1 Å². The molecule has 4 nitrogen and oxygen atoms in total. The Bertz CT molecular complexity index is 1010. The van der Waals surface area contributed by atoms with Crippen molar-refractivity contribution in [2.24, 2.45) is 5.10 Å². The molecule has 0 saturated heterocycles. The maximum Gasteiger partial charge on any atom is 0.272 e. The summed E-state index contributed by atoms with van der Waals surface area (Å²) >= 11 is 15.4. The minimum Gasteiger partial charge on any atom is -0.489 e. The Morgan fingerprint density at radius 3 is 2.54 bits per heavy atom. The monoisotopic (exact) mass is 476 g/mol. The second kappa shape index (κ2) is 9.73. The number of rotatable bonds is 6. The van der Waals surface area contributed by atoms with Crippen LogP contribution in [0.2, 0.25) is 10.0 Å². The largest absolute Gasteiger partial charge is 0.489 e. The molecule has 1 amide bonds. The van der Waals surface area contributed by atoms with Crippen LogP contribution in [0.3, 0.4) is 0 Å². The number of nitrogens with zero attached hydrogens (tertiary/aromatic N) is 1.